The van der Waals surface area contributed by atoms with E-state index in [2.05, 4.69) is 0 Å². The fourth-order valence-corrected chi connectivity index (χ4v) is 1.71. The first-order chi connectivity index (χ1) is 3.21. The van der Waals surface area contributed by atoms with Crippen LogP contribution in [0.5, 0.6) is 0 Å². The quantitative estimate of drug-likeness (QED) is 0.487. The summed E-state index contributed by atoms with van der Waals surface area (Å²) in [5, 5.41) is 0. The van der Waals surface area contributed by atoms with Gasteiger partial charge in [-0.05, 0) is 0 Å². The molecule has 1 rings (SSSR count). The van der Waals surface area contributed by atoms with E-state index in [0.29, 0.717) is 0 Å². The molecule has 0 N–H and O–H groups in total. The van der Waals surface area contributed by atoms with Gasteiger partial charge in [0.05, 0.1) is 0 Å². The third kappa shape index (κ3) is 1.63. The van der Waals surface area contributed by atoms with Crippen molar-refractivity contribution in [2.24, 2.45) is 0 Å². The molecule has 1 heterocycles. The smallest absolute Gasteiger partial charge is 0.286 e. The Kier molecular flexibility index (Phi) is 1.65. The summed E-state index contributed by atoms with van der Waals surface area (Å²) in [5.41, 5.74) is 0. The van der Waals surface area contributed by atoms with Crippen LogP contribution in [0.1, 0.15) is 0 Å². The van der Waals surface area contributed by atoms with Crippen molar-refractivity contribution in [1.29, 1.82) is 0 Å². The molecule has 7 heavy (non-hydrogen) atoms. The van der Waals surface area contributed by atoms with Crippen molar-refractivity contribution < 1.29 is 9.05 Å². The van der Waals surface area contributed by atoms with Gasteiger partial charge < -0.3 is 0 Å². The van der Waals surface area contributed by atoms with Crippen LogP contribution in [-0.2, 0) is 9.05 Å². The SMILES string of the molecule is Cl[P+]1(I)OC=CO1. The Balaban J connectivity index is 2.49. The first kappa shape index (κ1) is 5.92. The van der Waals surface area contributed by atoms with Crippen molar-refractivity contribution in [2.75, 3.05) is 0 Å². The van der Waals surface area contributed by atoms with E-state index in [1.54, 1.807) is 0 Å². The maximum Gasteiger partial charge on any atom is 0.516 e. The van der Waals surface area contributed by atoms with Crippen LogP contribution in [0.3, 0.4) is 0 Å². The Bertz CT molecular complexity index is 93.9. The van der Waals surface area contributed by atoms with Gasteiger partial charge in [0.15, 0.2) is 23.8 Å². The Morgan fingerprint density at radius 3 is 2.00 bits per heavy atom. The lowest BCUT2D eigenvalue weighted by Crippen LogP contribution is -1.65. The molecule has 0 saturated carbocycles. The van der Waals surface area contributed by atoms with Gasteiger partial charge in [0.25, 0.3) is 22.0 Å². The summed E-state index contributed by atoms with van der Waals surface area (Å²) in [6.07, 6.45) is 2.90. The standard InChI is InChI=1S/C2H2ClIO2P/c3-7(4)5-1-2-6-7/h1-2H/q+1. The van der Waals surface area contributed by atoms with E-state index in [9.17, 15) is 0 Å². The maximum absolute atomic E-state index is 5.56. The zero-order valence-corrected chi connectivity index (χ0v) is 6.98. The highest BCUT2D eigenvalue weighted by molar-refractivity contribution is 14.2. The summed E-state index contributed by atoms with van der Waals surface area (Å²) in [4.78, 5) is 0. The van der Waals surface area contributed by atoms with E-state index in [1.807, 2.05) is 22.0 Å². The minimum atomic E-state index is -1.96. The van der Waals surface area contributed by atoms with Crippen LogP contribution in [-0.4, -0.2) is 0 Å². The molecular formula is C2H2ClIO2P+. The molecule has 0 aliphatic carbocycles. The van der Waals surface area contributed by atoms with Gasteiger partial charge in [0, 0.05) is 0 Å². The van der Waals surface area contributed by atoms with E-state index in [1.165, 1.54) is 12.5 Å². The van der Waals surface area contributed by atoms with Gasteiger partial charge >= 0.3 is 4.71 Å². The van der Waals surface area contributed by atoms with Crippen LogP contribution in [0.2, 0.25) is 0 Å². The van der Waals surface area contributed by atoms with Gasteiger partial charge in [-0.15, -0.1) is 0 Å². The predicted molar refractivity (Wildman–Crippen MR) is 38.1 cm³/mol. The summed E-state index contributed by atoms with van der Waals surface area (Å²) >= 11 is 7.49. The van der Waals surface area contributed by atoms with Crippen molar-refractivity contribution in [2.45, 2.75) is 0 Å². The molecule has 0 unspecified atom stereocenters. The lowest BCUT2D eigenvalue weighted by atomic mass is 11.1. The van der Waals surface area contributed by atoms with E-state index >= 15 is 0 Å². The number of halogens is 2. The molecule has 5 heteroatoms. The minimum absolute atomic E-state index is 1.45. The number of hydrogen-bond acceptors (Lipinski definition) is 2. The fourth-order valence-electron chi connectivity index (χ4n) is 0.216. The zero-order chi connectivity index (χ0) is 5.33. The van der Waals surface area contributed by atoms with Gasteiger partial charge in [-0.2, -0.15) is 0 Å². The monoisotopic (exact) mass is 251 g/mol. The molecular weight excluding hydrogens is 249 g/mol. The predicted octanol–water partition coefficient (Wildman–Crippen LogP) is 2.86. The zero-order valence-electron chi connectivity index (χ0n) is 3.17. The van der Waals surface area contributed by atoms with Crippen LogP contribution in [0.25, 0.3) is 0 Å². The number of hydrogen-bond donors (Lipinski definition) is 0. The fraction of sp³-hybridized carbons (Fsp3) is 0. The summed E-state index contributed by atoms with van der Waals surface area (Å²) in [5.74, 6) is 0. The molecule has 0 aromatic carbocycles. The summed E-state index contributed by atoms with van der Waals surface area (Å²) in [6.45, 7) is 0. The largest absolute Gasteiger partial charge is 0.516 e. The Morgan fingerprint density at radius 1 is 1.43 bits per heavy atom. The van der Waals surface area contributed by atoms with Crippen molar-refractivity contribution in [3.8, 4) is 0 Å². The molecule has 0 aromatic rings. The topological polar surface area (TPSA) is 18.5 Å². The van der Waals surface area contributed by atoms with Crippen molar-refractivity contribution in [1.82, 2.24) is 0 Å². The van der Waals surface area contributed by atoms with E-state index in [0.717, 1.165) is 0 Å². The van der Waals surface area contributed by atoms with Gasteiger partial charge in [-0.3, -0.25) is 9.05 Å². The molecule has 0 bridgehead atoms. The molecule has 1 aliphatic heterocycles. The Morgan fingerprint density at radius 2 is 1.86 bits per heavy atom. The minimum Gasteiger partial charge on any atom is -0.286 e. The lowest BCUT2D eigenvalue weighted by Gasteiger charge is -1.94. The van der Waals surface area contributed by atoms with E-state index in [-0.39, 0.29) is 0 Å². The molecule has 0 atom stereocenters. The molecule has 0 amide bonds. The van der Waals surface area contributed by atoms with E-state index < -0.39 is 4.71 Å². The van der Waals surface area contributed by atoms with Crippen LogP contribution < -0.4 is 0 Å². The van der Waals surface area contributed by atoms with Gasteiger partial charge in [-0.25, -0.2) is 0 Å². The van der Waals surface area contributed by atoms with Crippen LogP contribution in [0, 0.1) is 0 Å². The lowest BCUT2D eigenvalue weighted by molar-refractivity contribution is 0.493. The molecule has 0 aromatic heterocycles. The second kappa shape index (κ2) is 1.96. The summed E-state index contributed by atoms with van der Waals surface area (Å²) in [7, 11) is 0. The highest BCUT2D eigenvalue weighted by Crippen LogP contribution is 2.76. The summed E-state index contributed by atoms with van der Waals surface area (Å²) < 4.78 is 7.64. The average molecular weight is 251 g/mol. The van der Waals surface area contributed by atoms with Crippen molar-refractivity contribution in [3.05, 3.63) is 12.5 Å². The second-order valence-electron chi connectivity index (χ2n) is 0.897. The average Bonchev–Trinajstić information content (AvgIpc) is 1.84. The third-order valence-corrected chi connectivity index (χ3v) is 3.00. The van der Waals surface area contributed by atoms with Gasteiger partial charge in [0.2, 0.25) is 0 Å². The third-order valence-electron chi connectivity index (χ3n) is 0.423. The van der Waals surface area contributed by atoms with Gasteiger partial charge in [-0.1, -0.05) is 0 Å². The van der Waals surface area contributed by atoms with Crippen LogP contribution in [0.15, 0.2) is 12.5 Å². The first-order valence-corrected chi connectivity index (χ1v) is 6.82. The highest BCUT2D eigenvalue weighted by Gasteiger charge is 2.42. The second-order valence-corrected chi connectivity index (χ2v) is 9.00. The molecule has 40 valence electrons. The van der Waals surface area contributed by atoms with Crippen LogP contribution in [0.4, 0.5) is 0 Å². The van der Waals surface area contributed by atoms with Crippen LogP contribution >= 0.6 is 38.0 Å². The van der Waals surface area contributed by atoms with Crippen molar-refractivity contribution in [3.63, 3.8) is 0 Å². The van der Waals surface area contributed by atoms with E-state index in [4.69, 9.17) is 20.3 Å². The normalized spacial score (nSPS) is 23.7. The Labute approximate surface area is 59.6 Å². The molecule has 1 aliphatic rings. The highest BCUT2D eigenvalue weighted by atomic mass is 127. The van der Waals surface area contributed by atoms with Gasteiger partial charge in [0.1, 0.15) is 0 Å². The molecule has 0 spiro atoms. The molecule has 0 fully saturated rings. The maximum atomic E-state index is 5.56. The summed E-state index contributed by atoms with van der Waals surface area (Å²) in [6, 6.07) is 0. The first-order valence-electron chi connectivity index (χ1n) is 1.51. The molecule has 2 nitrogen and oxygen atoms in total. The molecule has 0 radical (unpaired) electrons. The Hall–Kier alpha value is 0.790. The number of rotatable bonds is 0. The van der Waals surface area contributed by atoms with Crippen molar-refractivity contribution >= 4 is 38.0 Å². The molecule has 0 saturated heterocycles.